The fourth-order valence-corrected chi connectivity index (χ4v) is 2.30. The van der Waals surface area contributed by atoms with Crippen LogP contribution in [0.2, 0.25) is 0 Å². The fourth-order valence-electron chi connectivity index (χ4n) is 2.30. The van der Waals surface area contributed by atoms with Crippen LogP contribution in [0, 0.1) is 16.0 Å². The second-order valence-corrected chi connectivity index (χ2v) is 4.41. The van der Waals surface area contributed by atoms with Crippen LogP contribution in [0.1, 0.15) is 12.8 Å². The Kier molecular flexibility index (Phi) is 3.94. The van der Waals surface area contributed by atoms with Gasteiger partial charge in [0.25, 0.3) is 0 Å². The predicted molar refractivity (Wildman–Crippen MR) is 67.8 cm³/mol. The first kappa shape index (κ1) is 13.3. The van der Waals surface area contributed by atoms with E-state index in [1.165, 1.54) is 25.4 Å². The van der Waals surface area contributed by atoms with Crippen molar-refractivity contribution in [2.75, 3.05) is 25.1 Å². The summed E-state index contributed by atoms with van der Waals surface area (Å²) in [6.07, 6.45) is 3.04. The molecule has 0 N–H and O–H groups in total. The van der Waals surface area contributed by atoms with Crippen molar-refractivity contribution in [2.24, 2.45) is 5.92 Å². The Labute approximate surface area is 110 Å². The molecule has 0 spiro atoms. The van der Waals surface area contributed by atoms with Crippen molar-refractivity contribution in [3.63, 3.8) is 0 Å². The molecule has 2 heterocycles. The molecule has 0 bridgehead atoms. The van der Waals surface area contributed by atoms with Crippen LogP contribution in [0.25, 0.3) is 0 Å². The Balaban J connectivity index is 2.22. The third-order valence-corrected chi connectivity index (χ3v) is 3.22. The summed E-state index contributed by atoms with van der Waals surface area (Å²) in [5.74, 6) is -0.204. The number of esters is 1. The maximum absolute atomic E-state index is 11.6. The molecule has 0 aromatic carbocycles. The van der Waals surface area contributed by atoms with Gasteiger partial charge in [-0.1, -0.05) is 0 Å². The van der Waals surface area contributed by atoms with Gasteiger partial charge in [0.05, 0.1) is 18.0 Å². The Hall–Kier alpha value is -2.18. The number of anilines is 1. The zero-order valence-corrected chi connectivity index (χ0v) is 10.6. The predicted octanol–water partition coefficient (Wildman–Crippen LogP) is 1.38. The van der Waals surface area contributed by atoms with Crippen LogP contribution in [-0.2, 0) is 9.53 Å². The van der Waals surface area contributed by atoms with Gasteiger partial charge in [0.2, 0.25) is 5.82 Å². The van der Waals surface area contributed by atoms with E-state index in [1.54, 1.807) is 4.90 Å². The highest BCUT2D eigenvalue weighted by atomic mass is 16.6. The van der Waals surface area contributed by atoms with Crippen molar-refractivity contribution in [3.05, 3.63) is 28.4 Å². The molecule has 2 rings (SSSR count). The second-order valence-electron chi connectivity index (χ2n) is 4.41. The summed E-state index contributed by atoms with van der Waals surface area (Å²) < 4.78 is 4.73. The molecule has 1 aliphatic heterocycles. The van der Waals surface area contributed by atoms with Gasteiger partial charge >= 0.3 is 11.7 Å². The van der Waals surface area contributed by atoms with E-state index in [2.05, 4.69) is 4.98 Å². The summed E-state index contributed by atoms with van der Waals surface area (Å²) >= 11 is 0. The Morgan fingerprint density at radius 2 is 2.42 bits per heavy atom. The number of hydrogen-bond donors (Lipinski definition) is 0. The average Bonchev–Trinajstić information content (AvgIpc) is 2.46. The monoisotopic (exact) mass is 265 g/mol. The highest BCUT2D eigenvalue weighted by Crippen LogP contribution is 2.29. The minimum Gasteiger partial charge on any atom is -0.469 e. The van der Waals surface area contributed by atoms with Gasteiger partial charge in [0.15, 0.2) is 0 Å². The number of methoxy groups -OCH3 is 1. The highest BCUT2D eigenvalue weighted by Gasteiger charge is 2.30. The Morgan fingerprint density at radius 1 is 1.63 bits per heavy atom. The first-order chi connectivity index (χ1) is 9.13. The Morgan fingerprint density at radius 3 is 3.11 bits per heavy atom. The molecule has 1 aromatic heterocycles. The minimum atomic E-state index is -0.454. The molecule has 1 unspecified atom stereocenters. The number of hydrogen-bond acceptors (Lipinski definition) is 6. The minimum absolute atomic E-state index is 0.0342. The van der Waals surface area contributed by atoms with Crippen LogP contribution in [0.4, 0.5) is 11.5 Å². The van der Waals surface area contributed by atoms with Crippen molar-refractivity contribution >= 4 is 17.5 Å². The highest BCUT2D eigenvalue weighted by molar-refractivity contribution is 5.73. The third kappa shape index (κ3) is 2.81. The number of carbonyl (C=O) groups is 1. The van der Waals surface area contributed by atoms with Crippen molar-refractivity contribution in [2.45, 2.75) is 12.8 Å². The smallest absolute Gasteiger partial charge is 0.311 e. The molecule has 1 saturated heterocycles. The number of carbonyl (C=O) groups excluding carboxylic acids is 1. The number of nitrogens with zero attached hydrogens (tertiary/aromatic N) is 3. The number of aromatic nitrogens is 1. The normalized spacial score (nSPS) is 19.0. The molecular formula is C12H15N3O4. The van der Waals surface area contributed by atoms with Gasteiger partial charge in [-0.3, -0.25) is 14.9 Å². The Bertz CT molecular complexity index is 492. The number of nitro groups is 1. The van der Waals surface area contributed by atoms with E-state index in [9.17, 15) is 14.9 Å². The lowest BCUT2D eigenvalue weighted by Gasteiger charge is -2.31. The molecule has 1 aromatic rings. The van der Waals surface area contributed by atoms with E-state index in [1.807, 2.05) is 0 Å². The van der Waals surface area contributed by atoms with Gasteiger partial charge in [-0.25, -0.2) is 4.98 Å². The molecule has 102 valence electrons. The van der Waals surface area contributed by atoms with Crippen molar-refractivity contribution in [3.8, 4) is 0 Å². The molecule has 1 atom stereocenters. The lowest BCUT2D eigenvalue weighted by atomic mass is 9.98. The molecule has 0 saturated carbocycles. The number of piperidine rings is 1. The zero-order chi connectivity index (χ0) is 13.8. The van der Waals surface area contributed by atoms with Crippen molar-refractivity contribution in [1.29, 1.82) is 0 Å². The standard InChI is InChI=1S/C12H15N3O4/c1-19-12(16)9-4-3-7-14(8-9)11-10(15(17)18)5-2-6-13-11/h2,5-6,9H,3-4,7-8H2,1H3. The largest absolute Gasteiger partial charge is 0.469 e. The molecule has 1 aliphatic rings. The number of ether oxygens (including phenoxy) is 1. The molecule has 0 radical (unpaired) electrons. The summed E-state index contributed by atoms with van der Waals surface area (Å²) in [4.78, 5) is 27.9. The maximum Gasteiger partial charge on any atom is 0.311 e. The summed E-state index contributed by atoms with van der Waals surface area (Å²) in [7, 11) is 1.35. The van der Waals surface area contributed by atoms with E-state index >= 15 is 0 Å². The number of pyridine rings is 1. The van der Waals surface area contributed by atoms with Crippen LogP contribution in [0.15, 0.2) is 18.3 Å². The van der Waals surface area contributed by atoms with Gasteiger partial charge < -0.3 is 9.64 Å². The van der Waals surface area contributed by atoms with E-state index in [-0.39, 0.29) is 17.6 Å². The molecule has 19 heavy (non-hydrogen) atoms. The number of rotatable bonds is 3. The van der Waals surface area contributed by atoms with E-state index in [0.717, 1.165) is 12.8 Å². The van der Waals surface area contributed by atoms with Crippen LogP contribution >= 0.6 is 0 Å². The third-order valence-electron chi connectivity index (χ3n) is 3.22. The van der Waals surface area contributed by atoms with Gasteiger partial charge in [-0.2, -0.15) is 0 Å². The quantitative estimate of drug-likeness (QED) is 0.466. The summed E-state index contributed by atoms with van der Waals surface area (Å²) in [5, 5.41) is 11.0. The molecule has 7 heteroatoms. The van der Waals surface area contributed by atoms with Gasteiger partial charge in [0.1, 0.15) is 0 Å². The van der Waals surface area contributed by atoms with E-state index in [4.69, 9.17) is 4.74 Å². The van der Waals surface area contributed by atoms with Crippen LogP contribution in [-0.4, -0.2) is 36.1 Å². The summed E-state index contributed by atoms with van der Waals surface area (Å²) in [6.45, 7) is 1.07. The maximum atomic E-state index is 11.6. The van der Waals surface area contributed by atoms with Gasteiger partial charge in [-0.05, 0) is 18.9 Å². The molecule has 0 amide bonds. The van der Waals surface area contributed by atoms with E-state index in [0.29, 0.717) is 18.9 Å². The SMILES string of the molecule is COC(=O)C1CCCN(c2ncccc2[N+](=O)[O-])C1. The zero-order valence-electron chi connectivity index (χ0n) is 10.6. The van der Waals surface area contributed by atoms with Crippen molar-refractivity contribution in [1.82, 2.24) is 4.98 Å². The lowest BCUT2D eigenvalue weighted by Crippen LogP contribution is -2.39. The van der Waals surface area contributed by atoms with Crippen LogP contribution in [0.5, 0.6) is 0 Å². The van der Waals surface area contributed by atoms with E-state index < -0.39 is 4.92 Å². The molecular weight excluding hydrogens is 250 g/mol. The van der Waals surface area contributed by atoms with Crippen molar-refractivity contribution < 1.29 is 14.5 Å². The van der Waals surface area contributed by atoms with Gasteiger partial charge in [0, 0.05) is 25.4 Å². The van der Waals surface area contributed by atoms with Crippen LogP contribution in [0.3, 0.4) is 0 Å². The molecule has 7 nitrogen and oxygen atoms in total. The first-order valence-electron chi connectivity index (χ1n) is 6.05. The molecule has 0 aliphatic carbocycles. The lowest BCUT2D eigenvalue weighted by molar-refractivity contribution is -0.384. The first-order valence-corrected chi connectivity index (χ1v) is 6.05. The second kappa shape index (κ2) is 5.64. The topological polar surface area (TPSA) is 85.6 Å². The van der Waals surface area contributed by atoms with Crippen LogP contribution < -0.4 is 4.90 Å². The summed E-state index contributed by atoms with van der Waals surface area (Å²) in [5.41, 5.74) is -0.0342. The average molecular weight is 265 g/mol. The fraction of sp³-hybridized carbons (Fsp3) is 0.500. The molecule has 1 fully saturated rings. The summed E-state index contributed by atoms with van der Waals surface area (Å²) in [6, 6.07) is 2.95. The van der Waals surface area contributed by atoms with Gasteiger partial charge in [-0.15, -0.1) is 0 Å².